The lowest BCUT2D eigenvalue weighted by Crippen LogP contribution is -2.14. The third-order valence-electron chi connectivity index (χ3n) is 2.74. The van der Waals surface area contributed by atoms with Gasteiger partial charge in [-0.15, -0.1) is 10.2 Å². The molecule has 1 amide bonds. The predicted octanol–water partition coefficient (Wildman–Crippen LogP) is 2.26. The second kappa shape index (κ2) is 4.69. The topological polar surface area (TPSA) is 59.3 Å². The van der Waals surface area contributed by atoms with Crippen LogP contribution < -0.4 is 5.32 Å². The summed E-state index contributed by atoms with van der Waals surface area (Å²) in [6, 6.07) is 5.97. The normalized spacial score (nSPS) is 10.7. The van der Waals surface area contributed by atoms with Gasteiger partial charge in [-0.3, -0.25) is 9.20 Å². The number of carbonyl (C=O) groups excluding carboxylic acids is 1. The number of aromatic nitrogens is 3. The first-order chi connectivity index (χ1) is 9.65. The van der Waals surface area contributed by atoms with Gasteiger partial charge in [0.1, 0.15) is 18.0 Å². The molecule has 0 fully saturated rings. The van der Waals surface area contributed by atoms with E-state index in [4.69, 9.17) is 0 Å². The van der Waals surface area contributed by atoms with Crippen LogP contribution >= 0.6 is 0 Å². The Morgan fingerprint density at radius 3 is 2.95 bits per heavy atom. The summed E-state index contributed by atoms with van der Waals surface area (Å²) in [5.41, 5.74) is 0.405. The molecule has 1 N–H and O–H groups in total. The molecule has 0 radical (unpaired) electrons. The number of anilines is 1. The summed E-state index contributed by atoms with van der Waals surface area (Å²) in [6.07, 6.45) is 3.17. The molecule has 2 heterocycles. The molecule has 20 heavy (non-hydrogen) atoms. The van der Waals surface area contributed by atoms with Gasteiger partial charge in [0.15, 0.2) is 5.65 Å². The molecule has 0 aliphatic carbocycles. The van der Waals surface area contributed by atoms with Crippen molar-refractivity contribution in [2.24, 2.45) is 0 Å². The predicted molar refractivity (Wildman–Crippen MR) is 67.3 cm³/mol. The van der Waals surface area contributed by atoms with Gasteiger partial charge in [0.05, 0.1) is 11.3 Å². The molecule has 0 spiro atoms. The van der Waals surface area contributed by atoms with E-state index >= 15 is 0 Å². The van der Waals surface area contributed by atoms with E-state index in [9.17, 15) is 13.6 Å². The highest BCUT2D eigenvalue weighted by atomic mass is 19.1. The first-order valence-corrected chi connectivity index (χ1v) is 5.70. The van der Waals surface area contributed by atoms with E-state index in [0.29, 0.717) is 11.3 Å². The third-order valence-corrected chi connectivity index (χ3v) is 2.74. The van der Waals surface area contributed by atoms with Crippen LogP contribution in [0.5, 0.6) is 0 Å². The van der Waals surface area contributed by atoms with Crippen LogP contribution in [0.25, 0.3) is 5.65 Å². The number of halogens is 2. The van der Waals surface area contributed by atoms with Crippen LogP contribution in [0.1, 0.15) is 10.4 Å². The molecule has 100 valence electrons. The van der Waals surface area contributed by atoms with E-state index in [0.717, 1.165) is 18.2 Å². The van der Waals surface area contributed by atoms with Crippen molar-refractivity contribution >= 4 is 17.2 Å². The van der Waals surface area contributed by atoms with E-state index < -0.39 is 17.5 Å². The Kier molecular flexibility index (Phi) is 2.86. The number of pyridine rings is 1. The number of fused-ring (bicyclic) bond motifs is 1. The lowest BCUT2D eigenvalue weighted by molar-refractivity contribution is 0.102. The fourth-order valence-corrected chi connectivity index (χ4v) is 1.81. The van der Waals surface area contributed by atoms with Gasteiger partial charge in [0.25, 0.3) is 5.91 Å². The third kappa shape index (κ3) is 2.09. The molecule has 0 atom stereocenters. The molecule has 1 aromatic carbocycles. The zero-order chi connectivity index (χ0) is 14.1. The summed E-state index contributed by atoms with van der Waals surface area (Å²) >= 11 is 0. The van der Waals surface area contributed by atoms with E-state index in [1.807, 2.05) is 0 Å². The number of benzene rings is 1. The van der Waals surface area contributed by atoms with Crippen LogP contribution in [0.3, 0.4) is 0 Å². The standard InChI is InChI=1S/C13H8F2N4O/c14-8-3-4-10(15)9(6-8)13(20)17-11-2-1-5-19-7-16-18-12(11)19/h1-7H,(H,17,20). The maximum absolute atomic E-state index is 13.5. The Morgan fingerprint density at radius 1 is 1.25 bits per heavy atom. The van der Waals surface area contributed by atoms with Gasteiger partial charge in [-0.05, 0) is 30.3 Å². The Hall–Kier alpha value is -2.83. The van der Waals surface area contributed by atoms with E-state index in [2.05, 4.69) is 15.5 Å². The fourth-order valence-electron chi connectivity index (χ4n) is 1.81. The first kappa shape index (κ1) is 12.2. The summed E-state index contributed by atoms with van der Waals surface area (Å²) in [5, 5.41) is 10.0. The molecule has 0 aliphatic rings. The van der Waals surface area contributed by atoms with Gasteiger partial charge in [0, 0.05) is 6.20 Å². The maximum Gasteiger partial charge on any atom is 0.258 e. The Balaban J connectivity index is 1.96. The van der Waals surface area contributed by atoms with Gasteiger partial charge >= 0.3 is 0 Å². The van der Waals surface area contributed by atoms with E-state index in [1.54, 1.807) is 22.7 Å². The number of carbonyl (C=O) groups is 1. The molecule has 2 aromatic heterocycles. The highest BCUT2D eigenvalue weighted by Crippen LogP contribution is 2.16. The van der Waals surface area contributed by atoms with Gasteiger partial charge in [-0.1, -0.05) is 0 Å². The second-order valence-electron chi connectivity index (χ2n) is 4.06. The number of hydrogen-bond donors (Lipinski definition) is 1. The summed E-state index contributed by atoms with van der Waals surface area (Å²) < 4.78 is 28.2. The molecule has 5 nitrogen and oxygen atoms in total. The summed E-state index contributed by atoms with van der Waals surface area (Å²) in [5.74, 6) is -2.23. The minimum absolute atomic E-state index is 0.360. The zero-order valence-electron chi connectivity index (χ0n) is 10.0. The number of hydrogen-bond acceptors (Lipinski definition) is 3. The van der Waals surface area contributed by atoms with Crippen molar-refractivity contribution in [3.8, 4) is 0 Å². The van der Waals surface area contributed by atoms with Gasteiger partial charge in [-0.25, -0.2) is 8.78 Å². The maximum atomic E-state index is 13.5. The van der Waals surface area contributed by atoms with E-state index in [-0.39, 0.29) is 5.56 Å². The summed E-state index contributed by atoms with van der Waals surface area (Å²) in [4.78, 5) is 12.0. The SMILES string of the molecule is O=C(Nc1cccn2cnnc12)c1cc(F)ccc1F. The van der Waals surface area contributed by atoms with Crippen LogP contribution in [-0.2, 0) is 0 Å². The van der Waals surface area contributed by atoms with Gasteiger partial charge in [0.2, 0.25) is 0 Å². The lowest BCUT2D eigenvalue weighted by atomic mass is 10.2. The van der Waals surface area contributed by atoms with Gasteiger partial charge < -0.3 is 5.32 Å². The molecule has 0 saturated heterocycles. The van der Waals surface area contributed by atoms with Crippen LogP contribution in [0, 0.1) is 11.6 Å². The monoisotopic (exact) mass is 274 g/mol. The van der Waals surface area contributed by atoms with Crippen molar-refractivity contribution in [2.45, 2.75) is 0 Å². The van der Waals surface area contributed by atoms with Crippen LogP contribution in [-0.4, -0.2) is 20.5 Å². The number of rotatable bonds is 2. The average molecular weight is 274 g/mol. The Labute approximate surface area is 111 Å². The molecule has 3 aromatic rings. The number of amides is 1. The molecule has 3 rings (SSSR count). The zero-order valence-corrected chi connectivity index (χ0v) is 10.0. The van der Waals surface area contributed by atoms with Crippen molar-refractivity contribution in [2.75, 3.05) is 5.32 Å². The van der Waals surface area contributed by atoms with Crippen molar-refractivity contribution in [3.05, 3.63) is 60.1 Å². The molecule has 0 aliphatic heterocycles. The molecule has 7 heteroatoms. The Bertz CT molecular complexity index is 800. The van der Waals surface area contributed by atoms with Crippen molar-refractivity contribution < 1.29 is 13.6 Å². The van der Waals surface area contributed by atoms with Crippen LogP contribution in [0.15, 0.2) is 42.9 Å². The highest BCUT2D eigenvalue weighted by molar-refractivity contribution is 6.06. The lowest BCUT2D eigenvalue weighted by Gasteiger charge is -2.07. The number of nitrogens with one attached hydrogen (secondary N) is 1. The largest absolute Gasteiger partial charge is 0.319 e. The quantitative estimate of drug-likeness (QED) is 0.779. The summed E-state index contributed by atoms with van der Waals surface area (Å²) in [7, 11) is 0. The average Bonchev–Trinajstić information content (AvgIpc) is 2.91. The molecule has 0 saturated carbocycles. The number of nitrogens with zero attached hydrogens (tertiary/aromatic N) is 3. The van der Waals surface area contributed by atoms with Crippen LogP contribution in [0.4, 0.5) is 14.5 Å². The van der Waals surface area contributed by atoms with Crippen LogP contribution in [0.2, 0.25) is 0 Å². The molecular formula is C13H8F2N4O. The molecule has 0 bridgehead atoms. The Morgan fingerprint density at radius 2 is 2.10 bits per heavy atom. The first-order valence-electron chi connectivity index (χ1n) is 5.70. The minimum Gasteiger partial charge on any atom is -0.319 e. The summed E-state index contributed by atoms with van der Waals surface area (Å²) in [6.45, 7) is 0. The highest BCUT2D eigenvalue weighted by Gasteiger charge is 2.14. The van der Waals surface area contributed by atoms with Crippen molar-refractivity contribution in [1.29, 1.82) is 0 Å². The molecular weight excluding hydrogens is 266 g/mol. The second-order valence-corrected chi connectivity index (χ2v) is 4.06. The smallest absolute Gasteiger partial charge is 0.258 e. The van der Waals surface area contributed by atoms with Crippen molar-refractivity contribution in [1.82, 2.24) is 14.6 Å². The fraction of sp³-hybridized carbons (Fsp3) is 0. The minimum atomic E-state index is -0.794. The van der Waals surface area contributed by atoms with Gasteiger partial charge in [-0.2, -0.15) is 0 Å². The van der Waals surface area contributed by atoms with E-state index in [1.165, 1.54) is 6.33 Å². The molecule has 0 unspecified atom stereocenters. The van der Waals surface area contributed by atoms with Crippen molar-refractivity contribution in [3.63, 3.8) is 0 Å².